The summed E-state index contributed by atoms with van der Waals surface area (Å²) in [5.74, 6) is 2.71. The average Bonchev–Trinajstić information content (AvgIpc) is 3.19. The first-order chi connectivity index (χ1) is 9.13. The molecule has 102 valence electrons. The summed E-state index contributed by atoms with van der Waals surface area (Å²) >= 11 is 0. The lowest BCUT2D eigenvalue weighted by atomic mass is 10.3. The normalized spacial score (nSPS) is 20.6. The summed E-state index contributed by atoms with van der Waals surface area (Å²) in [7, 11) is 1.84. The number of nitrogen functional groups attached to an aromatic ring is 1. The average molecular weight is 261 g/mol. The van der Waals surface area contributed by atoms with Crippen LogP contribution in [0.25, 0.3) is 0 Å². The SMILES string of the molecule is CN1CCCN(c2cc(N)nc(C3CC3)n2)CC1=O. The fraction of sp³-hybridized carbons (Fsp3) is 0.615. The number of amides is 1. The number of nitrogens with zero attached hydrogens (tertiary/aromatic N) is 4. The van der Waals surface area contributed by atoms with E-state index in [9.17, 15) is 4.79 Å². The molecule has 1 saturated heterocycles. The molecule has 0 spiro atoms. The summed E-state index contributed by atoms with van der Waals surface area (Å²) in [6.45, 7) is 2.00. The van der Waals surface area contributed by atoms with E-state index in [1.54, 1.807) is 11.0 Å². The fourth-order valence-electron chi connectivity index (χ4n) is 2.34. The van der Waals surface area contributed by atoms with Gasteiger partial charge in [0.25, 0.3) is 0 Å². The van der Waals surface area contributed by atoms with Gasteiger partial charge in [0.05, 0.1) is 6.54 Å². The predicted octanol–water partition coefficient (Wildman–Crippen LogP) is 0.605. The van der Waals surface area contributed by atoms with Crippen LogP contribution in [0.1, 0.15) is 31.0 Å². The van der Waals surface area contributed by atoms with Crippen molar-refractivity contribution in [3.8, 4) is 0 Å². The van der Waals surface area contributed by atoms with E-state index in [2.05, 4.69) is 9.97 Å². The molecule has 0 bridgehead atoms. The Morgan fingerprint density at radius 2 is 2.11 bits per heavy atom. The highest BCUT2D eigenvalue weighted by atomic mass is 16.2. The van der Waals surface area contributed by atoms with Crippen molar-refractivity contribution < 1.29 is 4.79 Å². The highest BCUT2D eigenvalue weighted by molar-refractivity contribution is 5.81. The second kappa shape index (κ2) is 4.68. The standard InChI is InChI=1S/C13H19N5O/c1-17-5-2-6-18(8-12(17)19)11-7-10(14)15-13(16-11)9-3-4-9/h7,9H,2-6,8H2,1H3,(H2,14,15,16). The molecule has 2 fully saturated rings. The van der Waals surface area contributed by atoms with Crippen LogP contribution in [-0.2, 0) is 4.79 Å². The molecule has 2 aliphatic rings. The summed E-state index contributed by atoms with van der Waals surface area (Å²) in [6.07, 6.45) is 3.24. The van der Waals surface area contributed by atoms with E-state index >= 15 is 0 Å². The zero-order valence-electron chi connectivity index (χ0n) is 11.2. The molecule has 1 aliphatic carbocycles. The second-order valence-electron chi connectivity index (χ2n) is 5.37. The molecule has 1 aliphatic heterocycles. The van der Waals surface area contributed by atoms with Crippen LogP contribution in [0.5, 0.6) is 0 Å². The molecule has 0 radical (unpaired) electrons. The molecule has 0 aromatic carbocycles. The van der Waals surface area contributed by atoms with Gasteiger partial charge in [0.15, 0.2) is 0 Å². The maximum Gasteiger partial charge on any atom is 0.241 e. The summed E-state index contributed by atoms with van der Waals surface area (Å²) in [5.41, 5.74) is 5.86. The van der Waals surface area contributed by atoms with E-state index in [0.717, 1.165) is 44.0 Å². The van der Waals surface area contributed by atoms with Crippen molar-refractivity contribution in [3.05, 3.63) is 11.9 Å². The van der Waals surface area contributed by atoms with Crippen LogP contribution in [0.2, 0.25) is 0 Å². The van der Waals surface area contributed by atoms with E-state index in [1.807, 2.05) is 11.9 Å². The Kier molecular flexibility index (Phi) is 3.00. The monoisotopic (exact) mass is 261 g/mol. The molecule has 2 N–H and O–H groups in total. The highest BCUT2D eigenvalue weighted by Crippen LogP contribution is 2.38. The van der Waals surface area contributed by atoms with Gasteiger partial charge in [0.1, 0.15) is 17.5 Å². The molecule has 2 heterocycles. The first-order valence-electron chi connectivity index (χ1n) is 6.77. The van der Waals surface area contributed by atoms with Gasteiger partial charge in [0, 0.05) is 32.1 Å². The molecule has 1 aromatic heterocycles. The topological polar surface area (TPSA) is 75.3 Å². The van der Waals surface area contributed by atoms with Crippen molar-refractivity contribution in [3.63, 3.8) is 0 Å². The zero-order chi connectivity index (χ0) is 13.4. The van der Waals surface area contributed by atoms with Crippen LogP contribution in [0.4, 0.5) is 11.6 Å². The number of anilines is 2. The zero-order valence-corrected chi connectivity index (χ0v) is 11.2. The Hall–Kier alpha value is -1.85. The van der Waals surface area contributed by atoms with Gasteiger partial charge in [-0.25, -0.2) is 9.97 Å². The molecular weight excluding hydrogens is 242 g/mol. The second-order valence-corrected chi connectivity index (χ2v) is 5.37. The van der Waals surface area contributed by atoms with Crippen molar-refractivity contribution in [2.45, 2.75) is 25.2 Å². The Bertz CT molecular complexity index is 500. The largest absolute Gasteiger partial charge is 0.384 e. The quantitative estimate of drug-likeness (QED) is 0.844. The Balaban J connectivity index is 1.86. The number of carbonyl (C=O) groups is 1. The fourth-order valence-corrected chi connectivity index (χ4v) is 2.34. The van der Waals surface area contributed by atoms with Gasteiger partial charge in [-0.1, -0.05) is 0 Å². The van der Waals surface area contributed by atoms with Gasteiger partial charge in [-0.3, -0.25) is 4.79 Å². The number of hydrogen-bond donors (Lipinski definition) is 1. The van der Waals surface area contributed by atoms with Gasteiger partial charge in [-0.05, 0) is 19.3 Å². The predicted molar refractivity (Wildman–Crippen MR) is 72.9 cm³/mol. The number of likely N-dealkylation sites (N-methyl/N-ethyl adjacent to an activating group) is 1. The Labute approximate surface area is 112 Å². The van der Waals surface area contributed by atoms with Gasteiger partial charge in [-0.15, -0.1) is 0 Å². The molecular formula is C13H19N5O. The summed E-state index contributed by atoms with van der Waals surface area (Å²) < 4.78 is 0. The molecule has 1 aromatic rings. The number of rotatable bonds is 2. The lowest BCUT2D eigenvalue weighted by Crippen LogP contribution is -2.34. The summed E-state index contributed by atoms with van der Waals surface area (Å²) in [6, 6.07) is 1.77. The lowest BCUT2D eigenvalue weighted by molar-refractivity contribution is -0.127. The smallest absolute Gasteiger partial charge is 0.241 e. The van der Waals surface area contributed by atoms with Crippen molar-refractivity contribution in [1.29, 1.82) is 0 Å². The van der Waals surface area contributed by atoms with Gasteiger partial charge >= 0.3 is 0 Å². The first kappa shape index (κ1) is 12.2. The van der Waals surface area contributed by atoms with E-state index < -0.39 is 0 Å². The lowest BCUT2D eigenvalue weighted by Gasteiger charge is -2.21. The molecule has 0 unspecified atom stereocenters. The Morgan fingerprint density at radius 3 is 2.84 bits per heavy atom. The molecule has 6 nitrogen and oxygen atoms in total. The third-order valence-corrected chi connectivity index (χ3v) is 3.69. The number of nitrogens with two attached hydrogens (primary N) is 1. The molecule has 1 saturated carbocycles. The number of aromatic nitrogens is 2. The molecule has 6 heteroatoms. The van der Waals surface area contributed by atoms with E-state index in [1.165, 1.54) is 0 Å². The molecule has 0 atom stereocenters. The number of carbonyl (C=O) groups excluding carboxylic acids is 1. The van der Waals surface area contributed by atoms with Crippen LogP contribution >= 0.6 is 0 Å². The van der Waals surface area contributed by atoms with Crippen LogP contribution in [0.15, 0.2) is 6.07 Å². The van der Waals surface area contributed by atoms with E-state index in [4.69, 9.17) is 5.73 Å². The highest BCUT2D eigenvalue weighted by Gasteiger charge is 2.28. The van der Waals surface area contributed by atoms with Crippen LogP contribution in [-0.4, -0.2) is 47.5 Å². The first-order valence-corrected chi connectivity index (χ1v) is 6.77. The maximum atomic E-state index is 11.9. The van der Waals surface area contributed by atoms with Crippen molar-refractivity contribution in [2.75, 3.05) is 37.3 Å². The molecule has 3 rings (SSSR count). The minimum Gasteiger partial charge on any atom is -0.384 e. The molecule has 19 heavy (non-hydrogen) atoms. The summed E-state index contributed by atoms with van der Waals surface area (Å²) in [4.78, 5) is 24.6. The van der Waals surface area contributed by atoms with Crippen LogP contribution in [0, 0.1) is 0 Å². The van der Waals surface area contributed by atoms with Crippen molar-refractivity contribution in [1.82, 2.24) is 14.9 Å². The van der Waals surface area contributed by atoms with E-state index in [-0.39, 0.29) is 5.91 Å². The van der Waals surface area contributed by atoms with Gasteiger partial charge in [-0.2, -0.15) is 0 Å². The van der Waals surface area contributed by atoms with E-state index in [0.29, 0.717) is 18.3 Å². The van der Waals surface area contributed by atoms with Crippen molar-refractivity contribution >= 4 is 17.5 Å². The summed E-state index contributed by atoms with van der Waals surface area (Å²) in [5, 5.41) is 0. The minimum absolute atomic E-state index is 0.127. The van der Waals surface area contributed by atoms with Crippen molar-refractivity contribution in [2.24, 2.45) is 0 Å². The molecule has 1 amide bonds. The van der Waals surface area contributed by atoms with Crippen LogP contribution < -0.4 is 10.6 Å². The third-order valence-electron chi connectivity index (χ3n) is 3.69. The third kappa shape index (κ3) is 2.62. The number of hydrogen-bond acceptors (Lipinski definition) is 5. The minimum atomic E-state index is 0.127. The van der Waals surface area contributed by atoms with Gasteiger partial charge < -0.3 is 15.5 Å². The van der Waals surface area contributed by atoms with Gasteiger partial charge in [0.2, 0.25) is 5.91 Å². The Morgan fingerprint density at radius 1 is 1.32 bits per heavy atom. The van der Waals surface area contributed by atoms with Crippen LogP contribution in [0.3, 0.4) is 0 Å². The maximum absolute atomic E-state index is 11.9.